The van der Waals surface area contributed by atoms with Crippen molar-refractivity contribution in [2.75, 3.05) is 13.2 Å². The second-order valence-electron chi connectivity index (χ2n) is 7.22. The van der Waals surface area contributed by atoms with Crippen LogP contribution in [-0.4, -0.2) is 24.2 Å². The summed E-state index contributed by atoms with van der Waals surface area (Å²) in [7, 11) is 0. The Bertz CT molecular complexity index is 899. The van der Waals surface area contributed by atoms with Crippen LogP contribution < -0.4 is 15.8 Å². The van der Waals surface area contributed by atoms with Gasteiger partial charge in [-0.05, 0) is 35.2 Å². The van der Waals surface area contributed by atoms with Crippen LogP contribution in [0.2, 0.25) is 0 Å². The van der Waals surface area contributed by atoms with E-state index >= 15 is 0 Å². The summed E-state index contributed by atoms with van der Waals surface area (Å²) in [6, 6.07) is 27.2. The Balaban J connectivity index is 1.54. The van der Waals surface area contributed by atoms with Crippen molar-refractivity contribution in [1.82, 2.24) is 5.32 Å². The maximum Gasteiger partial charge on any atom is 0.221 e. The number of nitrogens with one attached hydrogen (secondary N) is 1. The van der Waals surface area contributed by atoms with Crippen LogP contribution in [0.4, 0.5) is 0 Å². The summed E-state index contributed by atoms with van der Waals surface area (Å²) >= 11 is 0. The van der Waals surface area contributed by atoms with E-state index in [1.807, 2.05) is 72.8 Å². The molecule has 5 nitrogen and oxygen atoms in total. The molecule has 0 aliphatic rings. The fraction of sp³-hybridized carbons (Fsp3) is 0.240. The molecule has 0 spiro atoms. The number of nitrogens with two attached hydrogens (primary N) is 1. The quantitative estimate of drug-likeness (QED) is 0.427. The fourth-order valence-corrected chi connectivity index (χ4v) is 3.36. The van der Waals surface area contributed by atoms with Gasteiger partial charge in [-0.25, -0.2) is 0 Å². The molecule has 4 N–H and O–H groups in total. The highest BCUT2D eigenvalue weighted by atomic mass is 16.5. The van der Waals surface area contributed by atoms with E-state index in [9.17, 15) is 9.90 Å². The first kappa shape index (κ1) is 21.6. The van der Waals surface area contributed by atoms with Crippen LogP contribution in [0.3, 0.4) is 0 Å². The summed E-state index contributed by atoms with van der Waals surface area (Å²) in [6.07, 6.45) is 0.239. The van der Waals surface area contributed by atoms with Gasteiger partial charge in [0.05, 0.1) is 12.5 Å². The second kappa shape index (κ2) is 11.1. The zero-order valence-corrected chi connectivity index (χ0v) is 16.9. The van der Waals surface area contributed by atoms with E-state index in [4.69, 9.17) is 10.5 Å². The first-order valence-electron chi connectivity index (χ1n) is 10.1. The third-order valence-electron chi connectivity index (χ3n) is 4.91. The number of rotatable bonds is 11. The highest BCUT2D eigenvalue weighted by Gasteiger charge is 2.17. The minimum Gasteiger partial charge on any atom is -0.492 e. The van der Waals surface area contributed by atoms with Crippen molar-refractivity contribution in [1.29, 1.82) is 0 Å². The first-order valence-corrected chi connectivity index (χ1v) is 10.1. The summed E-state index contributed by atoms with van der Waals surface area (Å²) < 4.78 is 5.80. The lowest BCUT2D eigenvalue weighted by atomic mass is 9.97. The van der Waals surface area contributed by atoms with E-state index in [1.165, 1.54) is 0 Å². The molecule has 3 aromatic rings. The van der Waals surface area contributed by atoms with Crippen molar-refractivity contribution in [3.05, 3.63) is 102 Å². The zero-order chi connectivity index (χ0) is 21.2. The first-order chi connectivity index (χ1) is 14.6. The number of carbonyl (C=O) groups excluding carboxylic acids is 1. The Hall–Kier alpha value is -3.15. The van der Waals surface area contributed by atoms with Crippen molar-refractivity contribution >= 4 is 5.91 Å². The average molecular weight is 405 g/mol. The smallest absolute Gasteiger partial charge is 0.221 e. The highest BCUT2D eigenvalue weighted by molar-refractivity contribution is 5.76. The third-order valence-corrected chi connectivity index (χ3v) is 4.91. The number of benzene rings is 3. The molecule has 0 radical (unpaired) electrons. The maximum absolute atomic E-state index is 11.0. The van der Waals surface area contributed by atoms with Gasteiger partial charge in [0, 0.05) is 12.6 Å². The Labute approximate surface area is 177 Å². The van der Waals surface area contributed by atoms with Gasteiger partial charge in [-0.2, -0.15) is 0 Å². The number of ether oxygens (including phenoxy) is 1. The van der Waals surface area contributed by atoms with Crippen LogP contribution in [0, 0.1) is 0 Å². The fourth-order valence-electron chi connectivity index (χ4n) is 3.36. The summed E-state index contributed by atoms with van der Waals surface area (Å²) in [5.74, 6) is 0.392. The normalized spacial score (nSPS) is 12.8. The summed E-state index contributed by atoms with van der Waals surface area (Å²) in [5, 5.41) is 14.2. The molecular formula is C25H28N2O3. The van der Waals surface area contributed by atoms with Crippen molar-refractivity contribution in [3.8, 4) is 5.75 Å². The Morgan fingerprint density at radius 1 is 0.900 bits per heavy atom. The highest BCUT2D eigenvalue weighted by Crippen LogP contribution is 2.26. The van der Waals surface area contributed by atoms with E-state index in [2.05, 4.69) is 17.4 Å². The van der Waals surface area contributed by atoms with E-state index < -0.39 is 6.10 Å². The molecule has 0 aliphatic carbocycles. The lowest BCUT2D eigenvalue weighted by Gasteiger charge is -2.23. The molecule has 30 heavy (non-hydrogen) atoms. The Morgan fingerprint density at radius 2 is 1.50 bits per heavy atom. The summed E-state index contributed by atoms with van der Waals surface area (Å²) in [4.78, 5) is 11.0. The van der Waals surface area contributed by atoms with E-state index in [0.29, 0.717) is 19.6 Å². The molecule has 1 unspecified atom stereocenters. The van der Waals surface area contributed by atoms with Crippen LogP contribution >= 0.6 is 0 Å². The molecular weight excluding hydrogens is 376 g/mol. The van der Waals surface area contributed by atoms with Crippen molar-refractivity contribution < 1.29 is 14.6 Å². The molecule has 2 atom stereocenters. The van der Waals surface area contributed by atoms with Crippen LogP contribution in [0.1, 0.15) is 35.3 Å². The summed E-state index contributed by atoms with van der Waals surface area (Å²) in [6.45, 7) is 1.12. The predicted octanol–water partition coefficient (Wildman–Crippen LogP) is 3.55. The van der Waals surface area contributed by atoms with Crippen LogP contribution in [0.25, 0.3) is 0 Å². The van der Waals surface area contributed by atoms with E-state index in [-0.39, 0.29) is 18.4 Å². The SMILES string of the molecule is NC(=O)Cc1ccc(OCCNC(C[C@@H](O)c2ccccc2)c2ccccc2)cc1. The van der Waals surface area contributed by atoms with Crippen molar-refractivity contribution in [2.45, 2.75) is 25.0 Å². The average Bonchev–Trinajstić information content (AvgIpc) is 2.77. The van der Waals surface area contributed by atoms with Gasteiger partial charge in [-0.1, -0.05) is 72.8 Å². The lowest BCUT2D eigenvalue weighted by Crippen LogP contribution is -2.27. The summed E-state index contributed by atoms with van der Waals surface area (Å²) in [5.41, 5.74) is 8.12. The number of aliphatic hydroxyl groups excluding tert-OH is 1. The number of hydrogen-bond donors (Lipinski definition) is 3. The van der Waals surface area contributed by atoms with Gasteiger partial charge in [-0.3, -0.25) is 4.79 Å². The Morgan fingerprint density at radius 3 is 2.10 bits per heavy atom. The monoisotopic (exact) mass is 404 g/mol. The largest absolute Gasteiger partial charge is 0.492 e. The minimum absolute atomic E-state index is 0.00273. The topological polar surface area (TPSA) is 84.6 Å². The minimum atomic E-state index is -0.553. The van der Waals surface area contributed by atoms with Gasteiger partial charge in [0.25, 0.3) is 0 Å². The molecule has 156 valence electrons. The van der Waals surface area contributed by atoms with Crippen LogP contribution in [0.5, 0.6) is 5.75 Å². The Kier molecular flexibility index (Phi) is 8.01. The molecule has 0 aliphatic heterocycles. The van der Waals surface area contributed by atoms with Crippen LogP contribution in [-0.2, 0) is 11.2 Å². The molecule has 0 saturated heterocycles. The lowest BCUT2D eigenvalue weighted by molar-refractivity contribution is -0.117. The van der Waals surface area contributed by atoms with E-state index in [1.54, 1.807) is 0 Å². The molecule has 1 amide bonds. The number of carbonyl (C=O) groups is 1. The van der Waals surface area contributed by atoms with Crippen LogP contribution in [0.15, 0.2) is 84.9 Å². The second-order valence-corrected chi connectivity index (χ2v) is 7.22. The van der Waals surface area contributed by atoms with Gasteiger partial charge >= 0.3 is 0 Å². The molecule has 5 heteroatoms. The van der Waals surface area contributed by atoms with Gasteiger partial charge in [0.2, 0.25) is 5.91 Å². The molecule has 0 fully saturated rings. The molecule has 0 bridgehead atoms. The molecule has 3 rings (SSSR count). The number of amides is 1. The van der Waals surface area contributed by atoms with Gasteiger partial charge < -0.3 is 20.9 Å². The maximum atomic E-state index is 11.0. The van der Waals surface area contributed by atoms with Gasteiger partial charge in [0.15, 0.2) is 0 Å². The van der Waals surface area contributed by atoms with Gasteiger partial charge in [-0.15, -0.1) is 0 Å². The predicted molar refractivity (Wildman–Crippen MR) is 118 cm³/mol. The van der Waals surface area contributed by atoms with Crippen molar-refractivity contribution in [2.24, 2.45) is 5.73 Å². The van der Waals surface area contributed by atoms with Gasteiger partial charge in [0.1, 0.15) is 12.4 Å². The van der Waals surface area contributed by atoms with Crippen molar-refractivity contribution in [3.63, 3.8) is 0 Å². The third kappa shape index (κ3) is 6.72. The molecule has 0 heterocycles. The zero-order valence-electron chi connectivity index (χ0n) is 16.9. The molecule has 0 aromatic heterocycles. The standard InChI is InChI=1S/C25H28N2O3/c26-25(29)17-19-11-13-22(14-12-19)30-16-15-27-23(20-7-3-1-4-8-20)18-24(28)21-9-5-2-6-10-21/h1-14,23-24,27-28H,15-18H2,(H2,26,29)/t23?,24-/m1/s1. The number of primary amides is 1. The molecule has 0 saturated carbocycles. The number of hydrogen-bond acceptors (Lipinski definition) is 4. The molecule has 3 aromatic carbocycles. The number of aliphatic hydroxyl groups is 1. The van der Waals surface area contributed by atoms with E-state index in [0.717, 1.165) is 22.4 Å².